The Morgan fingerprint density at radius 3 is 2.68 bits per heavy atom. The number of nitrogens with one attached hydrogen (secondary N) is 2. The minimum absolute atomic E-state index is 0.740. The van der Waals surface area contributed by atoms with E-state index in [0.717, 1.165) is 59.0 Å². The highest BCUT2D eigenvalue weighted by atomic mass is 15.0. The zero-order valence-electron chi connectivity index (χ0n) is 15.6. The fourth-order valence-corrected chi connectivity index (χ4v) is 3.00. The molecule has 0 fully saturated rings. The number of nitrogens with zero attached hydrogens (tertiary/aromatic N) is 5. The van der Waals surface area contributed by atoms with Gasteiger partial charge in [0.25, 0.3) is 0 Å². The Kier molecular flexibility index (Phi) is 5.33. The van der Waals surface area contributed by atoms with Gasteiger partial charge in [-0.1, -0.05) is 0 Å². The van der Waals surface area contributed by atoms with Crippen LogP contribution in [0.2, 0.25) is 0 Å². The minimum atomic E-state index is 0.740. The molecule has 7 nitrogen and oxygen atoms in total. The van der Waals surface area contributed by atoms with E-state index in [-0.39, 0.29) is 0 Å². The Morgan fingerprint density at radius 2 is 1.82 bits per heavy atom. The van der Waals surface area contributed by atoms with Crippen LogP contribution in [0.15, 0.2) is 61.3 Å². The molecule has 28 heavy (non-hydrogen) atoms. The molecule has 0 bridgehead atoms. The molecule has 0 aliphatic carbocycles. The zero-order valence-corrected chi connectivity index (χ0v) is 15.6. The second-order valence-electron chi connectivity index (χ2n) is 6.27. The van der Waals surface area contributed by atoms with Crippen LogP contribution >= 0.6 is 0 Å². The average molecular weight is 371 g/mol. The molecule has 0 saturated heterocycles. The lowest BCUT2D eigenvalue weighted by atomic mass is 10.1. The average Bonchev–Trinajstić information content (AvgIpc) is 2.75. The van der Waals surface area contributed by atoms with Crippen LogP contribution in [0.3, 0.4) is 0 Å². The standard InChI is InChI=1S/C21H21N7/c1-2-22-19-6-5-16(13-26-19)18-12-20(28-14-27-18)24-11-8-15-7-10-23-17-4-3-9-25-21(15)17/h3-7,9-10,12-14H,2,8,11H2,1H3,(H,22,26)(H,24,27,28). The van der Waals surface area contributed by atoms with Gasteiger partial charge in [-0.2, -0.15) is 0 Å². The highest BCUT2D eigenvalue weighted by Gasteiger charge is 2.05. The molecule has 0 aliphatic heterocycles. The van der Waals surface area contributed by atoms with E-state index in [2.05, 4.69) is 35.6 Å². The van der Waals surface area contributed by atoms with Crippen molar-refractivity contribution in [1.82, 2.24) is 24.9 Å². The number of anilines is 2. The fraction of sp³-hybridized carbons (Fsp3) is 0.190. The molecule has 0 amide bonds. The SMILES string of the molecule is CCNc1ccc(-c2cc(NCCc3ccnc4cccnc34)ncn2)cn1. The lowest BCUT2D eigenvalue weighted by Gasteiger charge is -2.09. The summed E-state index contributed by atoms with van der Waals surface area (Å²) in [6.07, 6.45) is 7.84. The summed E-state index contributed by atoms with van der Waals surface area (Å²) >= 11 is 0. The molecule has 0 atom stereocenters. The van der Waals surface area contributed by atoms with E-state index in [1.807, 2.05) is 55.7 Å². The molecular weight excluding hydrogens is 350 g/mol. The van der Waals surface area contributed by atoms with Gasteiger partial charge in [0, 0.05) is 43.3 Å². The van der Waals surface area contributed by atoms with Crippen LogP contribution < -0.4 is 10.6 Å². The quantitative estimate of drug-likeness (QED) is 0.513. The second-order valence-corrected chi connectivity index (χ2v) is 6.27. The van der Waals surface area contributed by atoms with Gasteiger partial charge in [0.1, 0.15) is 18.0 Å². The van der Waals surface area contributed by atoms with Crippen LogP contribution in [-0.2, 0) is 6.42 Å². The molecule has 0 radical (unpaired) electrons. The highest BCUT2D eigenvalue weighted by Crippen LogP contribution is 2.19. The van der Waals surface area contributed by atoms with Gasteiger partial charge >= 0.3 is 0 Å². The smallest absolute Gasteiger partial charge is 0.129 e. The molecule has 0 aromatic carbocycles. The van der Waals surface area contributed by atoms with Crippen molar-refractivity contribution in [1.29, 1.82) is 0 Å². The van der Waals surface area contributed by atoms with Gasteiger partial charge in [0.15, 0.2) is 0 Å². The van der Waals surface area contributed by atoms with E-state index >= 15 is 0 Å². The first kappa shape index (κ1) is 17.8. The lowest BCUT2D eigenvalue weighted by molar-refractivity contribution is 1.00. The largest absolute Gasteiger partial charge is 0.370 e. The number of rotatable bonds is 7. The van der Waals surface area contributed by atoms with Crippen LogP contribution in [0.5, 0.6) is 0 Å². The second kappa shape index (κ2) is 8.39. The summed E-state index contributed by atoms with van der Waals surface area (Å²) < 4.78 is 0. The first-order valence-corrected chi connectivity index (χ1v) is 9.28. The number of hydrogen-bond donors (Lipinski definition) is 2. The summed E-state index contributed by atoms with van der Waals surface area (Å²) in [7, 11) is 0. The number of hydrogen-bond acceptors (Lipinski definition) is 7. The van der Waals surface area contributed by atoms with Crippen LogP contribution in [-0.4, -0.2) is 38.0 Å². The molecule has 0 spiro atoms. The monoisotopic (exact) mass is 371 g/mol. The third-order valence-electron chi connectivity index (χ3n) is 4.36. The van der Waals surface area contributed by atoms with Gasteiger partial charge in [-0.15, -0.1) is 0 Å². The number of pyridine rings is 3. The molecule has 4 rings (SSSR count). The maximum atomic E-state index is 4.45. The summed E-state index contributed by atoms with van der Waals surface area (Å²) in [4.78, 5) is 21.9. The minimum Gasteiger partial charge on any atom is -0.370 e. The van der Waals surface area contributed by atoms with Crippen LogP contribution in [0.1, 0.15) is 12.5 Å². The van der Waals surface area contributed by atoms with Crippen molar-refractivity contribution in [2.24, 2.45) is 0 Å². The molecule has 0 unspecified atom stereocenters. The third kappa shape index (κ3) is 4.03. The zero-order chi connectivity index (χ0) is 19.2. The lowest BCUT2D eigenvalue weighted by Crippen LogP contribution is -2.07. The van der Waals surface area contributed by atoms with Crippen LogP contribution in [0.25, 0.3) is 22.3 Å². The molecule has 4 aromatic heterocycles. The van der Waals surface area contributed by atoms with Crippen LogP contribution in [0.4, 0.5) is 11.6 Å². The highest BCUT2D eigenvalue weighted by molar-refractivity contribution is 5.77. The van der Waals surface area contributed by atoms with Crippen molar-refractivity contribution in [2.45, 2.75) is 13.3 Å². The van der Waals surface area contributed by atoms with Crippen molar-refractivity contribution in [2.75, 3.05) is 23.7 Å². The van der Waals surface area contributed by atoms with Crippen molar-refractivity contribution in [3.8, 4) is 11.3 Å². The Hall–Kier alpha value is -3.61. The van der Waals surface area contributed by atoms with Gasteiger partial charge in [-0.05, 0) is 49.2 Å². The Morgan fingerprint density at radius 1 is 0.857 bits per heavy atom. The van der Waals surface area contributed by atoms with E-state index in [0.29, 0.717) is 0 Å². The summed E-state index contributed by atoms with van der Waals surface area (Å²) in [5.41, 5.74) is 4.82. The van der Waals surface area contributed by atoms with Gasteiger partial charge in [-0.3, -0.25) is 9.97 Å². The van der Waals surface area contributed by atoms with E-state index in [9.17, 15) is 0 Å². The summed E-state index contributed by atoms with van der Waals surface area (Å²) in [6, 6.07) is 11.8. The summed E-state index contributed by atoms with van der Waals surface area (Å²) in [5, 5.41) is 6.56. The van der Waals surface area contributed by atoms with E-state index in [1.54, 1.807) is 12.5 Å². The van der Waals surface area contributed by atoms with Gasteiger partial charge in [0.2, 0.25) is 0 Å². The topological polar surface area (TPSA) is 88.5 Å². The molecule has 0 saturated carbocycles. The van der Waals surface area contributed by atoms with Gasteiger partial charge in [-0.25, -0.2) is 15.0 Å². The molecule has 2 N–H and O–H groups in total. The number of fused-ring (bicyclic) bond motifs is 1. The van der Waals surface area contributed by atoms with E-state index in [4.69, 9.17) is 0 Å². The predicted octanol–water partition coefficient (Wildman–Crippen LogP) is 3.57. The van der Waals surface area contributed by atoms with E-state index < -0.39 is 0 Å². The predicted molar refractivity (Wildman–Crippen MR) is 111 cm³/mol. The molecule has 4 aromatic rings. The first-order chi connectivity index (χ1) is 13.8. The van der Waals surface area contributed by atoms with Crippen molar-refractivity contribution >= 4 is 22.7 Å². The molecular formula is C21H21N7. The van der Waals surface area contributed by atoms with E-state index in [1.165, 1.54) is 0 Å². The molecule has 7 heteroatoms. The fourth-order valence-electron chi connectivity index (χ4n) is 3.00. The Balaban J connectivity index is 1.43. The maximum absolute atomic E-state index is 4.45. The molecule has 140 valence electrons. The van der Waals surface area contributed by atoms with Crippen molar-refractivity contribution in [3.63, 3.8) is 0 Å². The Labute approximate surface area is 163 Å². The van der Waals surface area contributed by atoms with Crippen molar-refractivity contribution in [3.05, 3.63) is 66.9 Å². The van der Waals surface area contributed by atoms with Crippen molar-refractivity contribution < 1.29 is 0 Å². The first-order valence-electron chi connectivity index (χ1n) is 9.28. The summed E-state index contributed by atoms with van der Waals surface area (Å²) in [5.74, 6) is 1.64. The third-order valence-corrected chi connectivity index (χ3v) is 4.36. The normalized spacial score (nSPS) is 10.8. The molecule has 4 heterocycles. The Bertz CT molecular complexity index is 1060. The van der Waals surface area contributed by atoms with Gasteiger partial charge < -0.3 is 10.6 Å². The van der Waals surface area contributed by atoms with Gasteiger partial charge in [0.05, 0.1) is 16.7 Å². The maximum Gasteiger partial charge on any atom is 0.129 e. The summed E-state index contributed by atoms with van der Waals surface area (Å²) in [6.45, 7) is 3.63. The molecule has 0 aliphatic rings. The number of aromatic nitrogens is 5. The van der Waals surface area contributed by atoms with Crippen LogP contribution in [0, 0.1) is 0 Å².